The van der Waals surface area contributed by atoms with Crippen LogP contribution < -0.4 is 17.0 Å². The van der Waals surface area contributed by atoms with Gasteiger partial charge in [-0.15, -0.1) is 0 Å². The molecular weight excluding hydrogens is 224 g/mol. The van der Waals surface area contributed by atoms with Gasteiger partial charge in [-0.05, 0) is 43.2 Å². The predicted molar refractivity (Wildman–Crippen MR) is 74.6 cm³/mol. The quantitative estimate of drug-likeness (QED) is 0.566. The highest BCUT2D eigenvalue weighted by Gasteiger charge is 2.29. The second kappa shape index (κ2) is 5.67. The minimum atomic E-state index is 0.126. The van der Waals surface area contributed by atoms with Gasteiger partial charge in [-0.25, -0.2) is 4.98 Å². The molecule has 5 N–H and O–H groups in total. The van der Waals surface area contributed by atoms with Crippen molar-refractivity contribution in [3.05, 3.63) is 23.4 Å². The van der Waals surface area contributed by atoms with E-state index in [9.17, 15) is 0 Å². The molecule has 1 aliphatic rings. The first-order valence-corrected chi connectivity index (χ1v) is 6.80. The van der Waals surface area contributed by atoms with Gasteiger partial charge in [0, 0.05) is 11.8 Å². The molecule has 0 bridgehead atoms. The third-order valence-electron chi connectivity index (χ3n) is 4.18. The fraction of sp³-hybridized carbons (Fsp3) is 0.643. The molecule has 1 fully saturated rings. The fourth-order valence-corrected chi connectivity index (χ4v) is 3.23. The van der Waals surface area contributed by atoms with Crippen LogP contribution in [0.5, 0.6) is 0 Å². The van der Waals surface area contributed by atoms with Gasteiger partial charge in [0.2, 0.25) is 0 Å². The van der Waals surface area contributed by atoms with Crippen LogP contribution in [0.1, 0.15) is 49.8 Å². The zero-order chi connectivity index (χ0) is 13.1. The lowest BCUT2D eigenvalue weighted by Crippen LogP contribution is -2.36. The number of nitrogen functional groups attached to an aromatic ring is 1. The number of rotatable bonds is 3. The van der Waals surface area contributed by atoms with Crippen LogP contribution in [-0.2, 0) is 0 Å². The molecule has 1 saturated carbocycles. The summed E-state index contributed by atoms with van der Waals surface area (Å²) in [6.45, 7) is 4.39. The first-order chi connectivity index (χ1) is 8.63. The molecule has 0 radical (unpaired) electrons. The highest BCUT2D eigenvalue weighted by atomic mass is 15.2. The Morgan fingerprint density at radius 2 is 2.22 bits per heavy atom. The third-order valence-corrected chi connectivity index (χ3v) is 4.18. The standard InChI is InChI=1S/C14H24N4/c1-9-4-3-5-11(8-9)13(18-16)12-10(2)6-7-17-14(12)15/h6-7,9,11,13,18H,3-5,8,16H2,1-2H3,(H2,15,17). The maximum atomic E-state index is 6.03. The molecule has 100 valence electrons. The highest BCUT2D eigenvalue weighted by molar-refractivity contribution is 5.46. The van der Waals surface area contributed by atoms with Crippen LogP contribution in [0, 0.1) is 18.8 Å². The molecule has 0 aromatic carbocycles. The molecule has 1 aliphatic carbocycles. The maximum absolute atomic E-state index is 6.03. The second-order valence-electron chi connectivity index (χ2n) is 5.60. The zero-order valence-corrected chi connectivity index (χ0v) is 11.3. The maximum Gasteiger partial charge on any atom is 0.128 e. The summed E-state index contributed by atoms with van der Waals surface area (Å²) in [6.07, 6.45) is 6.79. The van der Waals surface area contributed by atoms with Crippen LogP contribution >= 0.6 is 0 Å². The highest BCUT2D eigenvalue weighted by Crippen LogP contribution is 2.38. The topological polar surface area (TPSA) is 77.0 Å². The van der Waals surface area contributed by atoms with Crippen LogP contribution in [0.4, 0.5) is 5.82 Å². The molecule has 18 heavy (non-hydrogen) atoms. The number of pyridine rings is 1. The minimum absolute atomic E-state index is 0.126. The molecule has 3 unspecified atom stereocenters. The van der Waals surface area contributed by atoms with Crippen molar-refractivity contribution in [1.82, 2.24) is 10.4 Å². The Hall–Kier alpha value is -1.13. The zero-order valence-electron chi connectivity index (χ0n) is 11.3. The fourth-order valence-electron chi connectivity index (χ4n) is 3.23. The Morgan fingerprint density at radius 3 is 2.83 bits per heavy atom. The van der Waals surface area contributed by atoms with Crippen LogP contribution in [0.3, 0.4) is 0 Å². The van der Waals surface area contributed by atoms with E-state index < -0.39 is 0 Å². The van der Waals surface area contributed by atoms with Crippen molar-refractivity contribution in [2.75, 3.05) is 5.73 Å². The third kappa shape index (κ3) is 2.65. The summed E-state index contributed by atoms with van der Waals surface area (Å²) in [4.78, 5) is 4.20. The average Bonchev–Trinajstić information content (AvgIpc) is 2.34. The van der Waals surface area contributed by atoms with Crippen molar-refractivity contribution in [3.8, 4) is 0 Å². The smallest absolute Gasteiger partial charge is 0.128 e. The largest absolute Gasteiger partial charge is 0.383 e. The number of anilines is 1. The summed E-state index contributed by atoms with van der Waals surface area (Å²) >= 11 is 0. The molecule has 4 heteroatoms. The van der Waals surface area contributed by atoms with Gasteiger partial charge >= 0.3 is 0 Å². The molecule has 0 aliphatic heterocycles. The van der Waals surface area contributed by atoms with Gasteiger partial charge in [-0.1, -0.05) is 19.8 Å². The number of hydrogen-bond acceptors (Lipinski definition) is 4. The summed E-state index contributed by atoms with van der Waals surface area (Å²) in [5.41, 5.74) is 11.3. The first kappa shape index (κ1) is 13.3. The van der Waals surface area contributed by atoms with Gasteiger partial charge in [-0.3, -0.25) is 11.3 Å². The summed E-state index contributed by atoms with van der Waals surface area (Å²) in [7, 11) is 0. The van der Waals surface area contributed by atoms with E-state index in [2.05, 4.69) is 24.3 Å². The van der Waals surface area contributed by atoms with E-state index in [1.54, 1.807) is 6.20 Å². The monoisotopic (exact) mass is 248 g/mol. The Bertz CT molecular complexity index is 385. The van der Waals surface area contributed by atoms with Gasteiger partial charge in [0.05, 0.1) is 6.04 Å². The van der Waals surface area contributed by atoms with Crippen LogP contribution in [-0.4, -0.2) is 4.98 Å². The van der Waals surface area contributed by atoms with E-state index in [0.717, 1.165) is 11.5 Å². The number of aromatic nitrogens is 1. The Kier molecular flexibility index (Phi) is 4.19. The van der Waals surface area contributed by atoms with Crippen molar-refractivity contribution in [3.63, 3.8) is 0 Å². The lowest BCUT2D eigenvalue weighted by molar-refractivity contribution is 0.224. The minimum Gasteiger partial charge on any atom is -0.383 e. The summed E-state index contributed by atoms with van der Waals surface area (Å²) in [5.74, 6) is 7.73. The van der Waals surface area contributed by atoms with Crippen LogP contribution in [0.15, 0.2) is 12.3 Å². The molecular formula is C14H24N4. The Labute approximate surface area is 109 Å². The van der Waals surface area contributed by atoms with E-state index in [0.29, 0.717) is 11.7 Å². The molecule has 0 spiro atoms. The van der Waals surface area contributed by atoms with Gasteiger partial charge in [0.1, 0.15) is 5.82 Å². The SMILES string of the molecule is Cc1ccnc(N)c1C(NN)C1CCCC(C)C1. The van der Waals surface area contributed by atoms with Crippen molar-refractivity contribution in [1.29, 1.82) is 0 Å². The van der Waals surface area contributed by atoms with Crippen molar-refractivity contribution >= 4 is 5.82 Å². The number of aryl methyl sites for hydroxylation is 1. The van der Waals surface area contributed by atoms with Gasteiger partial charge in [0.15, 0.2) is 0 Å². The van der Waals surface area contributed by atoms with Gasteiger partial charge < -0.3 is 5.73 Å². The first-order valence-electron chi connectivity index (χ1n) is 6.80. The average molecular weight is 248 g/mol. The van der Waals surface area contributed by atoms with E-state index in [-0.39, 0.29) is 6.04 Å². The predicted octanol–water partition coefficient (Wildman–Crippen LogP) is 2.30. The number of hydrogen-bond donors (Lipinski definition) is 3. The van der Waals surface area contributed by atoms with E-state index in [1.165, 1.54) is 31.2 Å². The summed E-state index contributed by atoms with van der Waals surface area (Å²) < 4.78 is 0. The summed E-state index contributed by atoms with van der Waals surface area (Å²) in [6, 6.07) is 2.13. The number of nitrogens with one attached hydrogen (secondary N) is 1. The second-order valence-corrected chi connectivity index (χ2v) is 5.60. The lowest BCUT2D eigenvalue weighted by atomic mass is 9.76. The van der Waals surface area contributed by atoms with Crippen molar-refractivity contribution < 1.29 is 0 Å². The van der Waals surface area contributed by atoms with E-state index in [4.69, 9.17) is 11.6 Å². The molecule has 3 atom stereocenters. The van der Waals surface area contributed by atoms with Crippen LogP contribution in [0.2, 0.25) is 0 Å². The van der Waals surface area contributed by atoms with E-state index >= 15 is 0 Å². The Morgan fingerprint density at radius 1 is 1.44 bits per heavy atom. The van der Waals surface area contributed by atoms with Crippen LogP contribution in [0.25, 0.3) is 0 Å². The van der Waals surface area contributed by atoms with Gasteiger partial charge in [-0.2, -0.15) is 0 Å². The number of nitrogens with zero attached hydrogens (tertiary/aromatic N) is 1. The molecule has 1 aromatic rings. The van der Waals surface area contributed by atoms with Crippen molar-refractivity contribution in [2.24, 2.45) is 17.7 Å². The molecule has 0 amide bonds. The van der Waals surface area contributed by atoms with Crippen molar-refractivity contribution in [2.45, 2.75) is 45.6 Å². The number of nitrogens with two attached hydrogens (primary N) is 2. The summed E-state index contributed by atoms with van der Waals surface area (Å²) in [5, 5.41) is 0. The van der Waals surface area contributed by atoms with E-state index in [1.807, 2.05) is 6.07 Å². The van der Waals surface area contributed by atoms with Gasteiger partial charge in [0.25, 0.3) is 0 Å². The molecule has 4 nitrogen and oxygen atoms in total. The molecule has 1 aromatic heterocycles. The molecule has 1 heterocycles. The Balaban J connectivity index is 2.27. The number of hydrazine groups is 1. The lowest BCUT2D eigenvalue weighted by Gasteiger charge is -2.34. The normalized spacial score (nSPS) is 25.9. The molecule has 0 saturated heterocycles. The molecule has 2 rings (SSSR count).